The van der Waals surface area contributed by atoms with Crippen molar-refractivity contribution in [3.63, 3.8) is 0 Å². The van der Waals surface area contributed by atoms with Crippen molar-refractivity contribution in [2.75, 3.05) is 5.32 Å². The molecule has 2 heterocycles. The lowest BCUT2D eigenvalue weighted by Crippen LogP contribution is -2.16. The number of thioether (sulfide) groups is 1. The number of amides is 1. The van der Waals surface area contributed by atoms with Crippen molar-refractivity contribution in [1.82, 2.24) is 9.78 Å². The van der Waals surface area contributed by atoms with E-state index in [0.29, 0.717) is 5.56 Å². The predicted molar refractivity (Wildman–Crippen MR) is 107 cm³/mol. The van der Waals surface area contributed by atoms with Crippen molar-refractivity contribution >= 4 is 23.5 Å². The van der Waals surface area contributed by atoms with Gasteiger partial charge in [-0.05, 0) is 56.2 Å². The highest BCUT2D eigenvalue weighted by Crippen LogP contribution is 2.36. The van der Waals surface area contributed by atoms with Crippen LogP contribution < -0.4 is 5.32 Å². The minimum atomic E-state index is -0.102. The summed E-state index contributed by atoms with van der Waals surface area (Å²) in [6, 6.07) is 14.0. The molecule has 0 saturated heterocycles. The van der Waals surface area contributed by atoms with Crippen molar-refractivity contribution in [3.8, 4) is 5.69 Å². The lowest BCUT2D eigenvalue weighted by molar-refractivity contribution is 0.102. The molecule has 0 unspecified atom stereocenters. The first-order chi connectivity index (χ1) is 12.5. The predicted octanol–water partition coefficient (Wildman–Crippen LogP) is 4.80. The molecule has 1 N–H and O–H groups in total. The van der Waals surface area contributed by atoms with E-state index in [1.54, 1.807) is 0 Å². The summed E-state index contributed by atoms with van der Waals surface area (Å²) >= 11 is 1.83. The van der Waals surface area contributed by atoms with E-state index in [4.69, 9.17) is 5.10 Å². The maximum absolute atomic E-state index is 12.8. The van der Waals surface area contributed by atoms with Crippen LogP contribution >= 0.6 is 11.8 Å². The van der Waals surface area contributed by atoms with Gasteiger partial charge in [0.25, 0.3) is 5.91 Å². The molecular formula is C21H21N3OS. The highest BCUT2D eigenvalue weighted by Gasteiger charge is 2.25. The molecule has 1 aliphatic heterocycles. The summed E-state index contributed by atoms with van der Waals surface area (Å²) in [4.78, 5) is 12.8. The summed E-state index contributed by atoms with van der Waals surface area (Å²) < 4.78 is 1.89. The second-order valence-electron chi connectivity index (χ2n) is 6.84. The third-order valence-electron chi connectivity index (χ3n) is 4.55. The maximum Gasteiger partial charge on any atom is 0.256 e. The first-order valence-electron chi connectivity index (χ1n) is 8.66. The van der Waals surface area contributed by atoms with Crippen LogP contribution in [0, 0.1) is 20.8 Å². The smallest absolute Gasteiger partial charge is 0.256 e. The molecule has 1 aliphatic rings. The quantitative estimate of drug-likeness (QED) is 0.727. The molecule has 0 bridgehead atoms. The molecule has 0 fully saturated rings. The number of nitrogens with zero attached hydrogens (tertiary/aromatic N) is 2. The minimum Gasteiger partial charge on any atom is -0.306 e. The van der Waals surface area contributed by atoms with Gasteiger partial charge in [0.05, 0.1) is 11.4 Å². The molecule has 0 aliphatic carbocycles. The van der Waals surface area contributed by atoms with Crippen LogP contribution in [0.25, 0.3) is 5.69 Å². The normalized spacial score (nSPS) is 12.9. The highest BCUT2D eigenvalue weighted by atomic mass is 32.2. The Balaban J connectivity index is 1.75. The number of anilines is 1. The van der Waals surface area contributed by atoms with Crippen LogP contribution in [0.1, 0.15) is 38.3 Å². The van der Waals surface area contributed by atoms with E-state index in [0.717, 1.165) is 39.8 Å². The minimum absolute atomic E-state index is 0.102. The molecule has 132 valence electrons. The zero-order chi connectivity index (χ0) is 18.3. The Kier molecular flexibility index (Phi) is 4.32. The largest absolute Gasteiger partial charge is 0.306 e. The Labute approximate surface area is 157 Å². The molecular weight excluding hydrogens is 342 g/mol. The van der Waals surface area contributed by atoms with Gasteiger partial charge in [-0.1, -0.05) is 23.8 Å². The number of benzene rings is 2. The van der Waals surface area contributed by atoms with Crippen molar-refractivity contribution in [2.24, 2.45) is 0 Å². The van der Waals surface area contributed by atoms with Gasteiger partial charge in [-0.15, -0.1) is 0 Å². The zero-order valence-electron chi connectivity index (χ0n) is 15.2. The van der Waals surface area contributed by atoms with Gasteiger partial charge in [0.1, 0.15) is 5.82 Å². The lowest BCUT2D eigenvalue weighted by atomic mass is 10.1. The van der Waals surface area contributed by atoms with E-state index in [1.165, 1.54) is 11.1 Å². The Morgan fingerprint density at radius 2 is 1.69 bits per heavy atom. The fourth-order valence-electron chi connectivity index (χ4n) is 3.29. The lowest BCUT2D eigenvalue weighted by Gasteiger charge is -2.12. The van der Waals surface area contributed by atoms with Gasteiger partial charge in [-0.25, -0.2) is 4.68 Å². The number of aromatic nitrogens is 2. The Bertz CT molecular complexity index is 969. The van der Waals surface area contributed by atoms with E-state index < -0.39 is 0 Å². The Morgan fingerprint density at radius 3 is 2.38 bits per heavy atom. The molecule has 1 amide bonds. The van der Waals surface area contributed by atoms with Crippen molar-refractivity contribution < 1.29 is 4.79 Å². The topological polar surface area (TPSA) is 46.9 Å². The van der Waals surface area contributed by atoms with Crippen molar-refractivity contribution in [1.29, 1.82) is 0 Å². The summed E-state index contributed by atoms with van der Waals surface area (Å²) in [5.41, 5.74) is 7.34. The summed E-state index contributed by atoms with van der Waals surface area (Å²) in [6.07, 6.45) is 0. The van der Waals surface area contributed by atoms with E-state index in [2.05, 4.69) is 37.4 Å². The summed E-state index contributed by atoms with van der Waals surface area (Å²) in [5.74, 6) is 2.46. The van der Waals surface area contributed by atoms with Gasteiger partial charge in [0.2, 0.25) is 0 Å². The van der Waals surface area contributed by atoms with Crippen LogP contribution in [0.15, 0.2) is 42.5 Å². The molecule has 0 saturated carbocycles. The maximum atomic E-state index is 12.8. The number of nitrogens with one attached hydrogen (secondary N) is 1. The summed E-state index contributed by atoms with van der Waals surface area (Å²) in [7, 11) is 0. The number of hydrogen-bond donors (Lipinski definition) is 1. The molecule has 0 spiro atoms. The summed E-state index contributed by atoms with van der Waals surface area (Å²) in [5, 5.41) is 7.90. The first-order valence-corrected chi connectivity index (χ1v) is 9.82. The summed E-state index contributed by atoms with van der Waals surface area (Å²) in [6.45, 7) is 6.17. The van der Waals surface area contributed by atoms with Gasteiger partial charge >= 0.3 is 0 Å². The Hall–Kier alpha value is -2.53. The van der Waals surface area contributed by atoms with Crippen molar-refractivity contribution in [2.45, 2.75) is 32.3 Å². The van der Waals surface area contributed by atoms with Gasteiger partial charge < -0.3 is 5.32 Å². The van der Waals surface area contributed by atoms with E-state index in [-0.39, 0.29) is 5.91 Å². The third-order valence-corrected chi connectivity index (χ3v) is 5.52. The second-order valence-corrected chi connectivity index (χ2v) is 7.83. The number of carbonyl (C=O) groups excluding carboxylic acids is 1. The fraction of sp³-hybridized carbons (Fsp3) is 0.238. The molecule has 0 radical (unpaired) electrons. The monoisotopic (exact) mass is 363 g/mol. The molecule has 4 nitrogen and oxygen atoms in total. The molecule has 1 aromatic heterocycles. The van der Waals surface area contributed by atoms with Crippen LogP contribution in [0.4, 0.5) is 5.82 Å². The second kappa shape index (κ2) is 6.65. The van der Waals surface area contributed by atoms with Crippen LogP contribution in [0.5, 0.6) is 0 Å². The van der Waals surface area contributed by atoms with E-state index >= 15 is 0 Å². The molecule has 5 heteroatoms. The van der Waals surface area contributed by atoms with Gasteiger partial charge in [0, 0.05) is 22.6 Å². The fourth-order valence-corrected chi connectivity index (χ4v) is 4.32. The number of carbonyl (C=O) groups is 1. The molecule has 2 aromatic carbocycles. The van der Waals surface area contributed by atoms with Crippen LogP contribution in [-0.4, -0.2) is 15.7 Å². The third kappa shape index (κ3) is 3.15. The molecule has 3 aromatic rings. The molecule has 4 rings (SSSR count). The average Bonchev–Trinajstić information content (AvgIpc) is 3.17. The van der Waals surface area contributed by atoms with Crippen LogP contribution in [0.3, 0.4) is 0 Å². The van der Waals surface area contributed by atoms with Crippen LogP contribution in [0.2, 0.25) is 0 Å². The average molecular weight is 363 g/mol. The number of hydrogen-bond acceptors (Lipinski definition) is 3. The standard InChI is InChI=1S/C21H21N3OS/c1-13-4-6-16(7-5-13)21(25)22-20-18-11-26-12-19(18)23-24(20)17-9-14(2)8-15(3)10-17/h4-10H,11-12H2,1-3H3,(H,22,25). The number of fused-ring (bicyclic) bond motifs is 1. The van der Waals surface area contributed by atoms with E-state index in [9.17, 15) is 4.79 Å². The molecule has 26 heavy (non-hydrogen) atoms. The number of rotatable bonds is 3. The number of aryl methyl sites for hydroxylation is 3. The Morgan fingerprint density at radius 1 is 1.00 bits per heavy atom. The van der Waals surface area contributed by atoms with Crippen LogP contribution in [-0.2, 0) is 11.5 Å². The first kappa shape index (κ1) is 16.9. The highest BCUT2D eigenvalue weighted by molar-refractivity contribution is 7.98. The van der Waals surface area contributed by atoms with Gasteiger partial charge in [0.15, 0.2) is 0 Å². The zero-order valence-corrected chi connectivity index (χ0v) is 16.0. The van der Waals surface area contributed by atoms with Gasteiger partial charge in [-0.3, -0.25) is 4.79 Å². The molecule has 0 atom stereocenters. The SMILES string of the molecule is Cc1ccc(C(=O)Nc2c3c(nn2-c2cc(C)cc(C)c2)CSC3)cc1. The van der Waals surface area contributed by atoms with E-state index in [1.807, 2.05) is 47.6 Å². The van der Waals surface area contributed by atoms with Gasteiger partial charge in [-0.2, -0.15) is 16.9 Å². The van der Waals surface area contributed by atoms with Crippen molar-refractivity contribution in [3.05, 3.63) is 76.0 Å².